The smallest absolute Gasteiger partial charge is 0.337 e. The lowest BCUT2D eigenvalue weighted by atomic mass is 10.3. The monoisotopic (exact) mass is 293 g/mol. The number of hydrogen-bond donors (Lipinski definition) is 1. The number of aromatic carboxylic acids is 1. The van der Waals surface area contributed by atoms with Gasteiger partial charge in [0, 0.05) is 6.07 Å². The van der Waals surface area contributed by atoms with E-state index in [1.54, 1.807) is 0 Å². The number of carbonyl (C=O) groups is 1. The summed E-state index contributed by atoms with van der Waals surface area (Å²) in [6.07, 6.45) is 1.25. The van der Waals surface area contributed by atoms with E-state index in [2.05, 4.69) is 4.98 Å². The molecule has 0 aliphatic carbocycles. The van der Waals surface area contributed by atoms with Gasteiger partial charge >= 0.3 is 5.97 Å². The predicted molar refractivity (Wildman–Crippen MR) is 73.6 cm³/mol. The summed E-state index contributed by atoms with van der Waals surface area (Å²) in [7, 11) is 0. The molecule has 0 bridgehead atoms. The van der Waals surface area contributed by atoms with Crippen LogP contribution in [-0.4, -0.2) is 29.3 Å². The van der Waals surface area contributed by atoms with Crippen LogP contribution in [0.5, 0.6) is 11.6 Å². The lowest BCUT2D eigenvalue weighted by Crippen LogP contribution is -2.10. The number of pyridine rings is 1. The van der Waals surface area contributed by atoms with Crippen LogP contribution in [0.2, 0.25) is 5.02 Å². The Labute approximate surface area is 120 Å². The number of ether oxygens (including phenoxy) is 2. The predicted octanol–water partition coefficient (Wildman–Crippen LogP) is 2.89. The van der Waals surface area contributed by atoms with Gasteiger partial charge in [0.1, 0.15) is 19.0 Å². The maximum absolute atomic E-state index is 10.9. The van der Waals surface area contributed by atoms with Gasteiger partial charge in [-0.05, 0) is 12.1 Å². The zero-order chi connectivity index (χ0) is 14.4. The second-order valence-corrected chi connectivity index (χ2v) is 4.22. The quantitative estimate of drug-likeness (QED) is 0.829. The van der Waals surface area contributed by atoms with Crippen molar-refractivity contribution in [1.29, 1.82) is 0 Å². The highest BCUT2D eigenvalue weighted by molar-refractivity contribution is 6.33. The SMILES string of the molecule is O=C(O)c1cc(OCCOc2ccccc2)ncc1Cl. The Kier molecular flexibility index (Phi) is 4.79. The van der Waals surface area contributed by atoms with Crippen molar-refractivity contribution in [2.24, 2.45) is 0 Å². The van der Waals surface area contributed by atoms with Gasteiger partial charge < -0.3 is 14.6 Å². The van der Waals surface area contributed by atoms with Crippen LogP contribution in [-0.2, 0) is 0 Å². The highest BCUT2D eigenvalue weighted by Gasteiger charge is 2.10. The third-order valence-corrected chi connectivity index (χ3v) is 2.71. The van der Waals surface area contributed by atoms with Gasteiger partial charge in [0.25, 0.3) is 0 Å². The highest BCUT2D eigenvalue weighted by Crippen LogP contribution is 2.19. The molecule has 2 aromatic rings. The molecule has 0 aliphatic heterocycles. The molecular formula is C14H12ClNO4. The molecule has 0 amide bonds. The Morgan fingerprint density at radius 1 is 1.20 bits per heavy atom. The second-order valence-electron chi connectivity index (χ2n) is 3.82. The molecule has 1 aromatic heterocycles. The van der Waals surface area contributed by atoms with Gasteiger partial charge in [-0.25, -0.2) is 9.78 Å². The maximum Gasteiger partial charge on any atom is 0.337 e. The number of benzene rings is 1. The molecule has 0 saturated carbocycles. The number of hydrogen-bond acceptors (Lipinski definition) is 4. The summed E-state index contributed by atoms with van der Waals surface area (Å²) >= 11 is 5.71. The Hall–Kier alpha value is -2.27. The first kappa shape index (κ1) is 14.1. The number of nitrogens with zero attached hydrogens (tertiary/aromatic N) is 1. The molecule has 5 nitrogen and oxygen atoms in total. The maximum atomic E-state index is 10.9. The molecule has 0 fully saturated rings. The first-order chi connectivity index (χ1) is 9.66. The fraction of sp³-hybridized carbons (Fsp3) is 0.143. The third-order valence-electron chi connectivity index (χ3n) is 2.41. The number of aromatic nitrogens is 1. The van der Waals surface area contributed by atoms with Crippen molar-refractivity contribution in [3.8, 4) is 11.6 Å². The molecule has 0 spiro atoms. The van der Waals surface area contributed by atoms with Crippen molar-refractivity contribution in [3.05, 3.63) is 53.2 Å². The molecule has 0 radical (unpaired) electrons. The zero-order valence-corrected chi connectivity index (χ0v) is 11.2. The summed E-state index contributed by atoms with van der Waals surface area (Å²) in [6, 6.07) is 10.6. The number of halogens is 1. The molecule has 20 heavy (non-hydrogen) atoms. The molecule has 0 atom stereocenters. The summed E-state index contributed by atoms with van der Waals surface area (Å²) in [5.41, 5.74) is -0.0411. The van der Waals surface area contributed by atoms with E-state index in [0.717, 1.165) is 5.75 Å². The fourth-order valence-electron chi connectivity index (χ4n) is 1.48. The molecule has 0 aliphatic rings. The van der Waals surface area contributed by atoms with Crippen LogP contribution < -0.4 is 9.47 Å². The fourth-order valence-corrected chi connectivity index (χ4v) is 1.67. The normalized spacial score (nSPS) is 10.1. The highest BCUT2D eigenvalue weighted by atomic mass is 35.5. The van der Waals surface area contributed by atoms with Crippen molar-refractivity contribution in [3.63, 3.8) is 0 Å². The number of rotatable bonds is 6. The molecule has 6 heteroatoms. The van der Waals surface area contributed by atoms with E-state index >= 15 is 0 Å². The third kappa shape index (κ3) is 3.86. The van der Waals surface area contributed by atoms with Crippen LogP contribution in [0, 0.1) is 0 Å². The van der Waals surface area contributed by atoms with E-state index in [-0.39, 0.29) is 23.1 Å². The number of carboxylic acid groups (broad SMARTS) is 1. The van der Waals surface area contributed by atoms with Crippen LogP contribution in [0.3, 0.4) is 0 Å². The van der Waals surface area contributed by atoms with E-state index in [1.165, 1.54) is 12.3 Å². The van der Waals surface area contributed by atoms with Gasteiger partial charge in [-0.15, -0.1) is 0 Å². The average Bonchev–Trinajstić information content (AvgIpc) is 2.46. The van der Waals surface area contributed by atoms with Crippen molar-refractivity contribution in [2.45, 2.75) is 0 Å². The zero-order valence-electron chi connectivity index (χ0n) is 10.5. The van der Waals surface area contributed by atoms with Crippen molar-refractivity contribution in [1.82, 2.24) is 4.98 Å². The van der Waals surface area contributed by atoms with Crippen LogP contribution in [0.4, 0.5) is 0 Å². The van der Waals surface area contributed by atoms with Crippen LogP contribution in [0.1, 0.15) is 10.4 Å². The van der Waals surface area contributed by atoms with Gasteiger partial charge in [0.05, 0.1) is 16.8 Å². The summed E-state index contributed by atoms with van der Waals surface area (Å²) in [5.74, 6) is -0.183. The Balaban J connectivity index is 1.85. The van der Waals surface area contributed by atoms with Crippen LogP contribution in [0.25, 0.3) is 0 Å². The number of carboxylic acids is 1. The van der Waals surface area contributed by atoms with Crippen LogP contribution >= 0.6 is 11.6 Å². The molecule has 1 heterocycles. The van der Waals surface area contributed by atoms with Gasteiger partial charge in [-0.2, -0.15) is 0 Å². The minimum atomic E-state index is -1.12. The second kappa shape index (κ2) is 6.77. The lowest BCUT2D eigenvalue weighted by molar-refractivity contribution is 0.0696. The summed E-state index contributed by atoms with van der Waals surface area (Å²) < 4.78 is 10.7. The number of para-hydroxylation sites is 1. The molecule has 0 saturated heterocycles. The standard InChI is InChI=1S/C14H12ClNO4/c15-12-9-16-13(8-11(12)14(17)18)20-7-6-19-10-4-2-1-3-5-10/h1-5,8-9H,6-7H2,(H,17,18). The largest absolute Gasteiger partial charge is 0.490 e. The first-order valence-corrected chi connectivity index (χ1v) is 6.24. The molecular weight excluding hydrogens is 282 g/mol. The van der Waals surface area contributed by atoms with Crippen LogP contribution in [0.15, 0.2) is 42.6 Å². The van der Waals surface area contributed by atoms with Gasteiger partial charge in [-0.3, -0.25) is 0 Å². The summed E-state index contributed by atoms with van der Waals surface area (Å²) in [5, 5.41) is 8.99. The molecule has 0 unspecified atom stereocenters. The first-order valence-electron chi connectivity index (χ1n) is 5.86. The van der Waals surface area contributed by atoms with Crippen molar-refractivity contribution >= 4 is 17.6 Å². The van der Waals surface area contributed by atoms with E-state index < -0.39 is 5.97 Å². The van der Waals surface area contributed by atoms with Crippen molar-refractivity contribution < 1.29 is 19.4 Å². The van der Waals surface area contributed by atoms with Gasteiger partial charge in [0.2, 0.25) is 5.88 Å². The van der Waals surface area contributed by atoms with E-state index in [9.17, 15) is 4.79 Å². The molecule has 104 valence electrons. The molecule has 1 aromatic carbocycles. The minimum Gasteiger partial charge on any atom is -0.490 e. The topological polar surface area (TPSA) is 68.7 Å². The van der Waals surface area contributed by atoms with E-state index in [0.29, 0.717) is 6.61 Å². The molecule has 1 N–H and O–H groups in total. The minimum absolute atomic E-state index is 0.0411. The van der Waals surface area contributed by atoms with Crippen molar-refractivity contribution in [2.75, 3.05) is 13.2 Å². The Morgan fingerprint density at radius 2 is 1.90 bits per heavy atom. The van der Waals surface area contributed by atoms with Gasteiger partial charge in [0.15, 0.2) is 0 Å². The molecule has 2 rings (SSSR count). The van der Waals surface area contributed by atoms with E-state index in [4.69, 9.17) is 26.2 Å². The summed E-state index contributed by atoms with van der Waals surface area (Å²) in [6.45, 7) is 0.583. The van der Waals surface area contributed by atoms with Gasteiger partial charge in [-0.1, -0.05) is 29.8 Å². The lowest BCUT2D eigenvalue weighted by Gasteiger charge is -2.08. The average molecular weight is 294 g/mol. The Morgan fingerprint density at radius 3 is 2.60 bits per heavy atom. The Bertz CT molecular complexity index is 589. The summed E-state index contributed by atoms with van der Waals surface area (Å²) in [4.78, 5) is 14.8. The van der Waals surface area contributed by atoms with E-state index in [1.807, 2.05) is 30.3 Å².